The first-order chi connectivity index (χ1) is 11.6. The summed E-state index contributed by atoms with van der Waals surface area (Å²) in [5.41, 5.74) is -0.450. The highest BCUT2D eigenvalue weighted by Gasteiger charge is 2.49. The van der Waals surface area contributed by atoms with Gasteiger partial charge in [-0.1, -0.05) is 34.1 Å². The number of halogens is 1. The van der Waals surface area contributed by atoms with Crippen LogP contribution in [-0.4, -0.2) is 53.9 Å². The van der Waals surface area contributed by atoms with Gasteiger partial charge >= 0.3 is 6.03 Å². The minimum absolute atomic E-state index is 0.0379. The van der Waals surface area contributed by atoms with E-state index in [2.05, 4.69) is 26.6 Å². The Balaban J connectivity index is 2.11. The minimum Gasteiger partial charge on any atom is -0.353 e. The second kappa shape index (κ2) is 7.53. The Hall–Kier alpha value is -1.93. The molecule has 0 saturated carbocycles. The zero-order valence-corrected chi connectivity index (χ0v) is 16.4. The molecule has 7 nitrogen and oxygen atoms in total. The van der Waals surface area contributed by atoms with Crippen LogP contribution in [0.2, 0.25) is 0 Å². The fraction of sp³-hybridized carbons (Fsp3) is 0.471. The molecule has 1 saturated heterocycles. The predicted octanol–water partition coefficient (Wildman–Crippen LogP) is 1.63. The van der Waals surface area contributed by atoms with E-state index in [1.807, 2.05) is 32.0 Å². The number of benzene rings is 1. The number of imide groups is 1. The van der Waals surface area contributed by atoms with Crippen LogP contribution in [0.3, 0.4) is 0 Å². The Bertz CT molecular complexity index is 694. The summed E-state index contributed by atoms with van der Waals surface area (Å²) in [7, 11) is 1.69. The van der Waals surface area contributed by atoms with E-state index in [9.17, 15) is 14.4 Å². The molecule has 1 aliphatic heterocycles. The van der Waals surface area contributed by atoms with Gasteiger partial charge in [-0.3, -0.25) is 14.5 Å². The Morgan fingerprint density at radius 2 is 2.00 bits per heavy atom. The van der Waals surface area contributed by atoms with E-state index < -0.39 is 11.6 Å². The average molecular weight is 411 g/mol. The van der Waals surface area contributed by atoms with Crippen molar-refractivity contribution in [3.8, 4) is 0 Å². The number of hydrogen-bond donors (Lipinski definition) is 2. The molecular weight excluding hydrogens is 388 g/mol. The molecule has 2 rings (SSSR count). The van der Waals surface area contributed by atoms with Gasteiger partial charge in [0.15, 0.2) is 0 Å². The molecule has 136 valence electrons. The Morgan fingerprint density at radius 3 is 2.60 bits per heavy atom. The third-order valence-corrected chi connectivity index (χ3v) is 4.63. The first-order valence-corrected chi connectivity index (χ1v) is 8.81. The monoisotopic (exact) mass is 410 g/mol. The molecule has 1 heterocycles. The number of nitrogens with zero attached hydrogens (tertiary/aromatic N) is 2. The SMILES string of the molecule is CC(C)NC(=O)CN(C)CN1C(=O)N[C@@](C)(c2ccccc2Br)C1=O. The maximum Gasteiger partial charge on any atom is 0.326 e. The van der Waals surface area contributed by atoms with Crippen molar-refractivity contribution in [3.05, 3.63) is 34.3 Å². The van der Waals surface area contributed by atoms with E-state index in [4.69, 9.17) is 0 Å². The summed E-state index contributed by atoms with van der Waals surface area (Å²) in [6.07, 6.45) is 0. The molecule has 0 radical (unpaired) electrons. The van der Waals surface area contributed by atoms with Gasteiger partial charge in [0.1, 0.15) is 5.54 Å². The summed E-state index contributed by atoms with van der Waals surface area (Å²) in [6, 6.07) is 6.85. The van der Waals surface area contributed by atoms with Gasteiger partial charge in [-0.2, -0.15) is 0 Å². The molecule has 8 heteroatoms. The van der Waals surface area contributed by atoms with Crippen molar-refractivity contribution in [2.45, 2.75) is 32.4 Å². The molecule has 1 aromatic carbocycles. The maximum atomic E-state index is 12.9. The van der Waals surface area contributed by atoms with Crippen molar-refractivity contribution in [1.82, 2.24) is 20.4 Å². The highest BCUT2D eigenvalue weighted by atomic mass is 79.9. The molecule has 1 fully saturated rings. The number of carbonyl (C=O) groups is 3. The van der Waals surface area contributed by atoms with Crippen LogP contribution in [-0.2, 0) is 15.1 Å². The summed E-state index contributed by atoms with van der Waals surface area (Å²) in [5, 5.41) is 5.54. The highest BCUT2D eigenvalue weighted by molar-refractivity contribution is 9.10. The quantitative estimate of drug-likeness (QED) is 0.698. The van der Waals surface area contributed by atoms with E-state index in [0.717, 1.165) is 9.37 Å². The average Bonchev–Trinajstić information content (AvgIpc) is 2.71. The number of carbonyl (C=O) groups excluding carboxylic acids is 3. The Kier molecular flexibility index (Phi) is 5.84. The number of likely N-dealkylation sites (N-methyl/N-ethyl adjacent to an activating group) is 1. The van der Waals surface area contributed by atoms with E-state index >= 15 is 0 Å². The van der Waals surface area contributed by atoms with Crippen molar-refractivity contribution in [2.75, 3.05) is 20.3 Å². The molecule has 0 aromatic heterocycles. The van der Waals surface area contributed by atoms with Gasteiger partial charge in [-0.05, 0) is 33.9 Å². The zero-order valence-electron chi connectivity index (χ0n) is 14.8. The summed E-state index contributed by atoms with van der Waals surface area (Å²) in [6.45, 7) is 5.56. The fourth-order valence-corrected chi connectivity index (χ4v) is 3.46. The summed E-state index contributed by atoms with van der Waals surface area (Å²) in [4.78, 5) is 39.8. The lowest BCUT2D eigenvalue weighted by Gasteiger charge is -2.25. The predicted molar refractivity (Wildman–Crippen MR) is 97.6 cm³/mol. The molecule has 4 amide bonds. The van der Waals surface area contributed by atoms with Crippen molar-refractivity contribution >= 4 is 33.8 Å². The first kappa shape index (κ1) is 19.4. The van der Waals surface area contributed by atoms with Crippen molar-refractivity contribution < 1.29 is 14.4 Å². The van der Waals surface area contributed by atoms with Gasteiger partial charge in [0.05, 0.1) is 13.2 Å². The lowest BCUT2D eigenvalue weighted by molar-refractivity contribution is -0.133. The number of rotatable bonds is 6. The summed E-state index contributed by atoms with van der Waals surface area (Å²) >= 11 is 3.43. The highest BCUT2D eigenvalue weighted by Crippen LogP contribution is 2.33. The molecule has 2 N–H and O–H groups in total. The van der Waals surface area contributed by atoms with Crippen molar-refractivity contribution in [1.29, 1.82) is 0 Å². The van der Waals surface area contributed by atoms with Crippen LogP contribution >= 0.6 is 15.9 Å². The van der Waals surface area contributed by atoms with Gasteiger partial charge in [-0.25, -0.2) is 9.69 Å². The van der Waals surface area contributed by atoms with E-state index in [1.54, 1.807) is 24.9 Å². The van der Waals surface area contributed by atoms with E-state index in [-0.39, 0.29) is 31.1 Å². The molecule has 0 spiro atoms. The van der Waals surface area contributed by atoms with Gasteiger partial charge < -0.3 is 10.6 Å². The van der Waals surface area contributed by atoms with Crippen molar-refractivity contribution in [2.24, 2.45) is 0 Å². The normalized spacial score (nSPS) is 20.4. The molecule has 25 heavy (non-hydrogen) atoms. The molecule has 0 aliphatic carbocycles. The van der Waals surface area contributed by atoms with Crippen LogP contribution in [0.25, 0.3) is 0 Å². The summed E-state index contributed by atoms with van der Waals surface area (Å²) < 4.78 is 0.748. The fourth-order valence-electron chi connectivity index (χ4n) is 2.78. The number of amides is 4. The molecule has 0 bridgehead atoms. The standard InChI is InChI=1S/C17H23BrN4O3/c1-11(2)19-14(23)9-21(4)10-22-15(24)17(3,20-16(22)25)12-7-5-6-8-13(12)18/h5-8,11H,9-10H2,1-4H3,(H,19,23)(H,20,25)/t17-/m0/s1. The smallest absolute Gasteiger partial charge is 0.326 e. The minimum atomic E-state index is -1.14. The van der Waals surface area contributed by atoms with Crippen LogP contribution in [0.15, 0.2) is 28.7 Å². The lowest BCUT2D eigenvalue weighted by atomic mass is 9.92. The third kappa shape index (κ3) is 4.19. The largest absolute Gasteiger partial charge is 0.353 e. The Morgan fingerprint density at radius 1 is 1.36 bits per heavy atom. The van der Waals surface area contributed by atoms with E-state index in [1.165, 1.54) is 0 Å². The second-order valence-corrected chi connectivity index (χ2v) is 7.50. The maximum absolute atomic E-state index is 12.9. The van der Waals surface area contributed by atoms with Gasteiger partial charge in [0, 0.05) is 16.1 Å². The van der Waals surface area contributed by atoms with Crippen LogP contribution < -0.4 is 10.6 Å². The topological polar surface area (TPSA) is 81.8 Å². The molecule has 1 aromatic rings. The van der Waals surface area contributed by atoms with Crippen LogP contribution in [0.4, 0.5) is 4.79 Å². The first-order valence-electron chi connectivity index (χ1n) is 8.02. The summed E-state index contributed by atoms with van der Waals surface area (Å²) in [5.74, 6) is -0.501. The Labute approximate surface area is 155 Å². The number of hydrogen-bond acceptors (Lipinski definition) is 4. The molecular formula is C17H23BrN4O3. The number of nitrogens with one attached hydrogen (secondary N) is 2. The van der Waals surface area contributed by atoms with Crippen LogP contribution in [0.1, 0.15) is 26.3 Å². The molecule has 1 aliphatic rings. The zero-order chi connectivity index (χ0) is 18.8. The van der Waals surface area contributed by atoms with Crippen LogP contribution in [0.5, 0.6) is 0 Å². The van der Waals surface area contributed by atoms with Crippen LogP contribution in [0, 0.1) is 0 Å². The van der Waals surface area contributed by atoms with Gasteiger partial charge in [0.25, 0.3) is 5.91 Å². The molecule has 0 unspecified atom stereocenters. The second-order valence-electron chi connectivity index (χ2n) is 6.65. The third-order valence-electron chi connectivity index (χ3n) is 3.93. The van der Waals surface area contributed by atoms with Gasteiger partial charge in [0.2, 0.25) is 5.91 Å². The molecule has 1 atom stereocenters. The van der Waals surface area contributed by atoms with E-state index in [0.29, 0.717) is 5.56 Å². The van der Waals surface area contributed by atoms with Crippen molar-refractivity contribution in [3.63, 3.8) is 0 Å². The van der Waals surface area contributed by atoms with Gasteiger partial charge in [-0.15, -0.1) is 0 Å². The number of urea groups is 1. The lowest BCUT2D eigenvalue weighted by Crippen LogP contribution is -2.46.